The molecule has 2 N–H and O–H groups in total. The second-order valence-electron chi connectivity index (χ2n) is 5.96. The molecule has 6 nitrogen and oxygen atoms in total. The van der Waals surface area contributed by atoms with Crippen LogP contribution in [-0.4, -0.2) is 29.5 Å². The Morgan fingerprint density at radius 3 is 2.63 bits per heavy atom. The van der Waals surface area contributed by atoms with Crippen molar-refractivity contribution >= 4 is 11.6 Å². The molecule has 0 bridgehead atoms. The molecule has 2 aromatic heterocycles. The summed E-state index contributed by atoms with van der Waals surface area (Å²) in [5, 5.41) is 6.16. The van der Waals surface area contributed by atoms with Crippen molar-refractivity contribution in [2.45, 2.75) is 13.0 Å². The Morgan fingerprint density at radius 1 is 1.04 bits per heavy atom. The zero-order valence-corrected chi connectivity index (χ0v) is 15.2. The maximum Gasteiger partial charge on any atom is 0.270 e. The molecule has 0 unspecified atom stereocenters. The summed E-state index contributed by atoms with van der Waals surface area (Å²) in [4.78, 5) is 20.6. The number of nitrogens with zero attached hydrogens (tertiary/aromatic N) is 2. The van der Waals surface area contributed by atoms with Crippen LogP contribution in [0.2, 0.25) is 0 Å². The van der Waals surface area contributed by atoms with Gasteiger partial charge >= 0.3 is 0 Å². The topological polar surface area (TPSA) is 76.1 Å². The number of carbonyl (C=O) groups is 1. The van der Waals surface area contributed by atoms with E-state index in [1.54, 1.807) is 25.6 Å². The molecule has 27 heavy (non-hydrogen) atoms. The molecule has 2 heterocycles. The first-order chi connectivity index (χ1) is 13.2. The third-order valence-electron chi connectivity index (χ3n) is 4.05. The summed E-state index contributed by atoms with van der Waals surface area (Å²) in [5.74, 6) is 0.627. The number of amides is 1. The number of benzene rings is 1. The van der Waals surface area contributed by atoms with Crippen LogP contribution in [0.5, 0.6) is 5.75 Å². The molecule has 1 aromatic carbocycles. The van der Waals surface area contributed by atoms with E-state index in [0.717, 1.165) is 30.1 Å². The molecule has 0 saturated heterocycles. The molecule has 138 valence electrons. The summed E-state index contributed by atoms with van der Waals surface area (Å²) >= 11 is 0. The van der Waals surface area contributed by atoms with Gasteiger partial charge in [-0.3, -0.25) is 14.8 Å². The molecule has 0 atom stereocenters. The number of aromatic nitrogens is 2. The summed E-state index contributed by atoms with van der Waals surface area (Å²) in [5.41, 5.74) is 3.26. The Labute approximate surface area is 158 Å². The summed E-state index contributed by atoms with van der Waals surface area (Å²) in [6, 6.07) is 17.2. The second kappa shape index (κ2) is 9.33. The summed E-state index contributed by atoms with van der Waals surface area (Å²) in [6.07, 6.45) is 4.20. The lowest BCUT2D eigenvalue weighted by molar-refractivity contribution is 0.0945. The molecular formula is C21H22N4O2. The molecule has 0 radical (unpaired) electrons. The third-order valence-corrected chi connectivity index (χ3v) is 4.05. The van der Waals surface area contributed by atoms with Gasteiger partial charge in [0.15, 0.2) is 0 Å². The van der Waals surface area contributed by atoms with Crippen LogP contribution in [0, 0.1) is 0 Å². The van der Waals surface area contributed by atoms with E-state index in [9.17, 15) is 4.79 Å². The Hall–Kier alpha value is -3.41. The number of carbonyl (C=O) groups excluding carboxylic acids is 1. The predicted molar refractivity (Wildman–Crippen MR) is 105 cm³/mol. The van der Waals surface area contributed by atoms with Gasteiger partial charge in [0.05, 0.1) is 19.3 Å². The van der Waals surface area contributed by atoms with E-state index in [1.165, 1.54) is 5.56 Å². The van der Waals surface area contributed by atoms with Gasteiger partial charge in [0.25, 0.3) is 5.91 Å². The first-order valence-electron chi connectivity index (χ1n) is 8.75. The molecule has 1 amide bonds. The van der Waals surface area contributed by atoms with E-state index in [-0.39, 0.29) is 5.91 Å². The molecule has 0 aliphatic rings. The zero-order valence-electron chi connectivity index (χ0n) is 15.2. The molecule has 3 rings (SSSR count). The highest BCUT2D eigenvalue weighted by molar-refractivity contribution is 5.93. The van der Waals surface area contributed by atoms with Crippen LogP contribution < -0.4 is 15.4 Å². The minimum absolute atomic E-state index is 0.223. The lowest BCUT2D eigenvalue weighted by Gasteiger charge is -2.09. The van der Waals surface area contributed by atoms with Crippen molar-refractivity contribution in [3.8, 4) is 5.75 Å². The van der Waals surface area contributed by atoms with Gasteiger partial charge in [-0.15, -0.1) is 0 Å². The standard InChI is InChI=1S/C21H22N4O2/c1-27-19-7-5-16(6-8-19)9-12-23-17-10-13-24-20(14-17)21(26)25-15-18-4-2-3-11-22-18/h2-8,10-11,13-14H,9,12,15H2,1H3,(H,23,24)(H,25,26). The van der Waals surface area contributed by atoms with Crippen LogP contribution in [-0.2, 0) is 13.0 Å². The van der Waals surface area contributed by atoms with E-state index in [2.05, 4.69) is 20.6 Å². The first kappa shape index (κ1) is 18.4. The van der Waals surface area contributed by atoms with E-state index in [4.69, 9.17) is 4.74 Å². The van der Waals surface area contributed by atoms with Crippen molar-refractivity contribution in [3.05, 3.63) is 83.9 Å². The van der Waals surface area contributed by atoms with Gasteiger partial charge in [0.2, 0.25) is 0 Å². The zero-order chi connectivity index (χ0) is 18.9. The van der Waals surface area contributed by atoms with Crippen molar-refractivity contribution in [2.24, 2.45) is 0 Å². The van der Waals surface area contributed by atoms with Crippen LogP contribution in [0.15, 0.2) is 67.0 Å². The Balaban J connectivity index is 1.51. The molecule has 0 aliphatic carbocycles. The number of anilines is 1. The summed E-state index contributed by atoms with van der Waals surface area (Å²) in [6.45, 7) is 1.13. The largest absolute Gasteiger partial charge is 0.497 e. The van der Waals surface area contributed by atoms with Crippen LogP contribution >= 0.6 is 0 Å². The highest BCUT2D eigenvalue weighted by Crippen LogP contribution is 2.13. The van der Waals surface area contributed by atoms with Gasteiger partial charge in [0.1, 0.15) is 11.4 Å². The maximum absolute atomic E-state index is 12.3. The van der Waals surface area contributed by atoms with Crippen molar-refractivity contribution in [1.29, 1.82) is 0 Å². The highest BCUT2D eigenvalue weighted by Gasteiger charge is 2.08. The molecule has 0 saturated carbocycles. The van der Waals surface area contributed by atoms with Crippen LogP contribution in [0.1, 0.15) is 21.7 Å². The number of methoxy groups -OCH3 is 1. The summed E-state index contributed by atoms with van der Waals surface area (Å²) < 4.78 is 5.16. The number of ether oxygens (including phenoxy) is 1. The fraction of sp³-hybridized carbons (Fsp3) is 0.190. The van der Waals surface area contributed by atoms with Gasteiger partial charge in [-0.2, -0.15) is 0 Å². The van der Waals surface area contributed by atoms with Gasteiger partial charge in [-0.05, 0) is 48.4 Å². The van der Waals surface area contributed by atoms with E-state index >= 15 is 0 Å². The summed E-state index contributed by atoms with van der Waals surface area (Å²) in [7, 11) is 1.66. The van der Waals surface area contributed by atoms with Crippen LogP contribution in [0.25, 0.3) is 0 Å². The maximum atomic E-state index is 12.3. The van der Waals surface area contributed by atoms with Gasteiger partial charge < -0.3 is 15.4 Å². The Morgan fingerprint density at radius 2 is 1.89 bits per heavy atom. The van der Waals surface area contributed by atoms with Crippen molar-refractivity contribution < 1.29 is 9.53 Å². The number of pyridine rings is 2. The quantitative estimate of drug-likeness (QED) is 0.644. The van der Waals surface area contributed by atoms with Gasteiger partial charge in [-0.25, -0.2) is 0 Å². The number of hydrogen-bond acceptors (Lipinski definition) is 5. The number of rotatable bonds is 8. The van der Waals surface area contributed by atoms with Crippen molar-refractivity contribution in [2.75, 3.05) is 19.0 Å². The lowest BCUT2D eigenvalue weighted by atomic mass is 10.1. The second-order valence-corrected chi connectivity index (χ2v) is 5.96. The smallest absolute Gasteiger partial charge is 0.270 e. The average molecular weight is 362 g/mol. The molecule has 0 fully saturated rings. The Bertz CT molecular complexity index is 867. The van der Waals surface area contributed by atoms with Crippen LogP contribution in [0.4, 0.5) is 5.69 Å². The lowest BCUT2D eigenvalue weighted by Crippen LogP contribution is -2.24. The van der Waals surface area contributed by atoms with E-state index in [0.29, 0.717) is 12.2 Å². The average Bonchev–Trinajstić information content (AvgIpc) is 2.73. The Kier molecular flexibility index (Phi) is 6.35. The minimum Gasteiger partial charge on any atom is -0.497 e. The predicted octanol–water partition coefficient (Wildman–Crippen LogP) is 3.07. The molecular weight excluding hydrogens is 340 g/mol. The molecule has 6 heteroatoms. The van der Waals surface area contributed by atoms with Gasteiger partial charge in [0, 0.05) is 24.6 Å². The fourth-order valence-corrected chi connectivity index (χ4v) is 2.57. The normalized spacial score (nSPS) is 10.3. The third kappa shape index (κ3) is 5.54. The molecule has 0 aliphatic heterocycles. The van der Waals surface area contributed by atoms with Gasteiger partial charge in [-0.1, -0.05) is 18.2 Å². The van der Waals surface area contributed by atoms with Crippen molar-refractivity contribution in [3.63, 3.8) is 0 Å². The fourth-order valence-electron chi connectivity index (χ4n) is 2.57. The molecule has 0 spiro atoms. The highest BCUT2D eigenvalue weighted by atomic mass is 16.5. The molecule has 3 aromatic rings. The SMILES string of the molecule is COc1ccc(CCNc2ccnc(C(=O)NCc3ccccn3)c2)cc1. The minimum atomic E-state index is -0.223. The van der Waals surface area contributed by atoms with E-state index in [1.807, 2.05) is 48.5 Å². The first-order valence-corrected chi connectivity index (χ1v) is 8.75. The number of hydrogen-bond donors (Lipinski definition) is 2. The van der Waals surface area contributed by atoms with E-state index < -0.39 is 0 Å². The monoisotopic (exact) mass is 362 g/mol. The van der Waals surface area contributed by atoms with Crippen molar-refractivity contribution in [1.82, 2.24) is 15.3 Å². The number of nitrogens with one attached hydrogen (secondary N) is 2. The van der Waals surface area contributed by atoms with Crippen LogP contribution in [0.3, 0.4) is 0 Å².